The summed E-state index contributed by atoms with van der Waals surface area (Å²) in [6, 6.07) is 16.0. The van der Waals surface area contributed by atoms with Crippen molar-refractivity contribution in [2.24, 2.45) is 0 Å². The lowest BCUT2D eigenvalue weighted by atomic mass is 9.87. The maximum Gasteiger partial charge on any atom is 0.264 e. The fraction of sp³-hybridized carbons (Fsp3) is 0.350. The van der Waals surface area contributed by atoms with E-state index in [1.807, 2.05) is 48.3 Å². The van der Waals surface area contributed by atoms with Crippen molar-refractivity contribution in [1.82, 2.24) is 4.90 Å². The van der Waals surface area contributed by atoms with Crippen LogP contribution < -0.4 is 9.47 Å². The van der Waals surface area contributed by atoms with Crippen molar-refractivity contribution in [2.75, 3.05) is 14.2 Å². The van der Waals surface area contributed by atoms with E-state index >= 15 is 0 Å². The van der Waals surface area contributed by atoms with Gasteiger partial charge in [0.15, 0.2) is 0 Å². The molecule has 0 aliphatic heterocycles. The Bertz CT molecular complexity index is 690. The summed E-state index contributed by atoms with van der Waals surface area (Å²) in [5, 5.41) is 0.446. The van der Waals surface area contributed by atoms with Gasteiger partial charge in [0, 0.05) is 13.6 Å². The van der Waals surface area contributed by atoms with Crippen LogP contribution in [0.4, 0.5) is 0 Å². The molecular weight excluding hydrogens is 318 g/mol. The van der Waals surface area contributed by atoms with E-state index in [4.69, 9.17) is 21.7 Å². The smallest absolute Gasteiger partial charge is 0.264 e. The first kappa shape index (κ1) is 18.3. The number of methoxy groups -OCH3 is 1. The summed E-state index contributed by atoms with van der Waals surface area (Å²) < 4.78 is 11.0. The molecule has 0 spiro atoms. The Balaban J connectivity index is 1.98. The van der Waals surface area contributed by atoms with Gasteiger partial charge in [-0.25, -0.2) is 0 Å². The molecule has 2 aromatic rings. The van der Waals surface area contributed by atoms with Crippen LogP contribution in [0.2, 0.25) is 0 Å². The molecule has 3 nitrogen and oxygen atoms in total. The van der Waals surface area contributed by atoms with Gasteiger partial charge < -0.3 is 14.4 Å². The zero-order valence-corrected chi connectivity index (χ0v) is 15.8. The van der Waals surface area contributed by atoms with E-state index in [2.05, 4.69) is 32.9 Å². The molecule has 0 atom stereocenters. The van der Waals surface area contributed by atoms with E-state index in [1.54, 1.807) is 7.11 Å². The van der Waals surface area contributed by atoms with Crippen molar-refractivity contribution in [3.05, 3.63) is 59.7 Å². The van der Waals surface area contributed by atoms with Crippen LogP contribution in [-0.4, -0.2) is 24.2 Å². The number of benzene rings is 2. The second-order valence-electron chi connectivity index (χ2n) is 6.85. The summed E-state index contributed by atoms with van der Waals surface area (Å²) in [5.74, 6) is 1.59. The van der Waals surface area contributed by atoms with Crippen molar-refractivity contribution < 1.29 is 9.47 Å². The fourth-order valence-electron chi connectivity index (χ4n) is 2.31. The molecule has 2 aromatic carbocycles. The molecule has 0 saturated heterocycles. The fourth-order valence-corrected chi connectivity index (χ4v) is 2.47. The van der Waals surface area contributed by atoms with Gasteiger partial charge in [-0.15, -0.1) is 0 Å². The van der Waals surface area contributed by atoms with Gasteiger partial charge in [0.1, 0.15) is 11.5 Å². The number of hydrogen-bond acceptors (Lipinski definition) is 3. The third-order valence-electron chi connectivity index (χ3n) is 3.79. The van der Waals surface area contributed by atoms with Crippen molar-refractivity contribution in [3.8, 4) is 11.5 Å². The third kappa shape index (κ3) is 4.96. The molecule has 0 unspecified atom stereocenters. The summed E-state index contributed by atoms with van der Waals surface area (Å²) >= 11 is 5.40. The highest BCUT2D eigenvalue weighted by molar-refractivity contribution is 7.80. The second-order valence-corrected chi connectivity index (χ2v) is 7.20. The first-order valence-corrected chi connectivity index (χ1v) is 8.37. The van der Waals surface area contributed by atoms with E-state index in [-0.39, 0.29) is 5.41 Å². The minimum absolute atomic E-state index is 0.127. The van der Waals surface area contributed by atoms with Gasteiger partial charge >= 0.3 is 0 Å². The second kappa shape index (κ2) is 7.67. The quantitative estimate of drug-likeness (QED) is 0.744. The first-order chi connectivity index (χ1) is 11.3. The molecule has 0 heterocycles. The standard InChI is InChI=1S/C20H25NO2S/c1-20(2,3)16-9-11-17(12-10-16)23-19(24)21(4)14-15-7-6-8-18(13-15)22-5/h6-13H,14H2,1-5H3. The van der Waals surface area contributed by atoms with Gasteiger partial charge in [-0.2, -0.15) is 0 Å². The minimum Gasteiger partial charge on any atom is -0.497 e. The average Bonchev–Trinajstić information content (AvgIpc) is 2.54. The number of hydrogen-bond donors (Lipinski definition) is 0. The summed E-state index contributed by atoms with van der Waals surface area (Å²) in [5.41, 5.74) is 2.51. The van der Waals surface area contributed by atoms with E-state index in [9.17, 15) is 0 Å². The van der Waals surface area contributed by atoms with Crippen molar-refractivity contribution in [2.45, 2.75) is 32.7 Å². The van der Waals surface area contributed by atoms with Crippen LogP contribution in [0, 0.1) is 0 Å². The third-order valence-corrected chi connectivity index (χ3v) is 4.19. The molecule has 0 fully saturated rings. The van der Waals surface area contributed by atoms with Gasteiger partial charge in [0.25, 0.3) is 5.17 Å². The van der Waals surface area contributed by atoms with Crippen molar-refractivity contribution >= 4 is 17.4 Å². The molecule has 128 valence electrons. The van der Waals surface area contributed by atoms with E-state index in [1.165, 1.54) is 5.56 Å². The van der Waals surface area contributed by atoms with Crippen LogP contribution in [0.25, 0.3) is 0 Å². The molecule has 0 saturated carbocycles. The Labute approximate surface area is 150 Å². The predicted octanol–water partition coefficient (Wildman–Crippen LogP) is 4.79. The zero-order chi connectivity index (χ0) is 17.7. The van der Waals surface area contributed by atoms with Gasteiger partial charge in [-0.1, -0.05) is 45.0 Å². The Morgan fingerprint density at radius 2 is 1.71 bits per heavy atom. The van der Waals surface area contributed by atoms with Gasteiger partial charge in [-0.3, -0.25) is 0 Å². The van der Waals surface area contributed by atoms with Crippen LogP contribution in [0.1, 0.15) is 31.9 Å². The molecule has 0 aliphatic carbocycles. The summed E-state index contributed by atoms with van der Waals surface area (Å²) in [6.07, 6.45) is 0. The molecule has 2 rings (SSSR count). The molecule has 0 aliphatic rings. The number of thiocarbonyl (C=S) groups is 1. The molecule has 4 heteroatoms. The zero-order valence-electron chi connectivity index (χ0n) is 15.0. The Hall–Kier alpha value is -2.07. The van der Waals surface area contributed by atoms with Gasteiger partial charge in [0.2, 0.25) is 0 Å². The average molecular weight is 343 g/mol. The number of rotatable bonds is 4. The molecule has 0 N–H and O–H groups in total. The monoisotopic (exact) mass is 343 g/mol. The molecule has 0 bridgehead atoms. The molecule has 0 aromatic heterocycles. The highest BCUT2D eigenvalue weighted by Gasteiger charge is 2.14. The Morgan fingerprint density at radius 3 is 2.29 bits per heavy atom. The topological polar surface area (TPSA) is 21.7 Å². The lowest BCUT2D eigenvalue weighted by molar-refractivity contribution is 0.393. The van der Waals surface area contributed by atoms with E-state index in [0.29, 0.717) is 11.7 Å². The lowest BCUT2D eigenvalue weighted by Crippen LogP contribution is -2.29. The van der Waals surface area contributed by atoms with Crippen LogP contribution >= 0.6 is 12.2 Å². The first-order valence-electron chi connectivity index (χ1n) is 7.96. The van der Waals surface area contributed by atoms with E-state index < -0.39 is 0 Å². The van der Waals surface area contributed by atoms with Crippen LogP contribution in [0.3, 0.4) is 0 Å². The Kier molecular flexibility index (Phi) is 5.84. The Morgan fingerprint density at radius 1 is 1.04 bits per heavy atom. The minimum atomic E-state index is 0.127. The van der Waals surface area contributed by atoms with Gasteiger partial charge in [0.05, 0.1) is 7.11 Å². The van der Waals surface area contributed by atoms with E-state index in [0.717, 1.165) is 17.1 Å². The largest absolute Gasteiger partial charge is 0.497 e. The maximum absolute atomic E-state index is 5.80. The highest BCUT2D eigenvalue weighted by atomic mass is 32.1. The molecular formula is C20H25NO2S. The predicted molar refractivity (Wildman–Crippen MR) is 103 cm³/mol. The van der Waals surface area contributed by atoms with Crippen LogP contribution in [0.5, 0.6) is 11.5 Å². The molecule has 24 heavy (non-hydrogen) atoms. The van der Waals surface area contributed by atoms with Crippen LogP contribution in [-0.2, 0) is 12.0 Å². The maximum atomic E-state index is 5.80. The SMILES string of the molecule is COc1cccc(CN(C)C(=S)Oc2ccc(C(C)(C)C)cc2)c1. The van der Waals surface area contributed by atoms with Crippen LogP contribution in [0.15, 0.2) is 48.5 Å². The van der Waals surface area contributed by atoms with Crippen molar-refractivity contribution in [1.29, 1.82) is 0 Å². The lowest BCUT2D eigenvalue weighted by Gasteiger charge is -2.21. The highest BCUT2D eigenvalue weighted by Crippen LogP contribution is 2.24. The number of nitrogens with zero attached hydrogens (tertiary/aromatic N) is 1. The number of ether oxygens (including phenoxy) is 2. The van der Waals surface area contributed by atoms with Gasteiger partial charge in [-0.05, 0) is 53.0 Å². The summed E-state index contributed by atoms with van der Waals surface area (Å²) in [4.78, 5) is 1.90. The normalized spacial score (nSPS) is 11.0. The molecule has 0 radical (unpaired) electrons. The van der Waals surface area contributed by atoms with Crippen molar-refractivity contribution in [3.63, 3.8) is 0 Å². The summed E-state index contributed by atoms with van der Waals surface area (Å²) in [7, 11) is 3.59. The molecule has 0 amide bonds. The summed E-state index contributed by atoms with van der Waals surface area (Å²) in [6.45, 7) is 7.23.